The number of ether oxygens (including phenoxy) is 2. The van der Waals surface area contributed by atoms with Crippen LogP contribution in [0.1, 0.15) is 5.56 Å². The molecule has 7 heteroatoms. The van der Waals surface area contributed by atoms with E-state index < -0.39 is 17.8 Å². The predicted molar refractivity (Wildman–Crippen MR) is 95.7 cm³/mol. The number of carbonyl (C=O) groups is 1. The predicted octanol–water partition coefficient (Wildman–Crippen LogP) is 2.75. The maximum atomic E-state index is 14.2. The van der Waals surface area contributed by atoms with Crippen LogP contribution in [0.4, 0.5) is 10.1 Å². The fourth-order valence-corrected chi connectivity index (χ4v) is 2.42. The monoisotopic (exact) mass is 366 g/mol. The third-order valence-electron chi connectivity index (χ3n) is 3.68. The molecule has 1 atom stereocenters. The first-order valence-electron chi connectivity index (χ1n) is 7.82. The number of rotatable bonds is 5. The largest absolute Gasteiger partial charge is 0.487 e. The van der Waals surface area contributed by atoms with Crippen molar-refractivity contribution in [1.29, 1.82) is 0 Å². The van der Waals surface area contributed by atoms with Gasteiger partial charge in [0.05, 0.1) is 6.61 Å². The van der Waals surface area contributed by atoms with Crippen LogP contribution >= 0.6 is 12.4 Å². The highest BCUT2D eigenvalue weighted by atomic mass is 35.5. The molecule has 2 N–H and O–H groups in total. The lowest BCUT2D eigenvalue weighted by molar-refractivity contribution is -0.128. The highest BCUT2D eigenvalue weighted by molar-refractivity contribution is 5.95. The first-order chi connectivity index (χ1) is 11.7. The summed E-state index contributed by atoms with van der Waals surface area (Å²) in [6.07, 6.45) is -0.639. The minimum absolute atomic E-state index is 0. The Morgan fingerprint density at radius 1 is 1.24 bits per heavy atom. The molecule has 0 radical (unpaired) electrons. The van der Waals surface area contributed by atoms with E-state index in [4.69, 9.17) is 9.47 Å². The summed E-state index contributed by atoms with van der Waals surface area (Å²) < 4.78 is 25.2. The molecule has 0 aromatic heterocycles. The van der Waals surface area contributed by atoms with Crippen LogP contribution < -0.4 is 15.4 Å². The summed E-state index contributed by atoms with van der Waals surface area (Å²) in [4.78, 5) is 12.2. The summed E-state index contributed by atoms with van der Waals surface area (Å²) in [5, 5.41) is 5.65. The minimum Gasteiger partial charge on any atom is -0.487 e. The maximum absolute atomic E-state index is 14.2. The molecule has 1 heterocycles. The Morgan fingerprint density at radius 3 is 2.76 bits per heavy atom. The SMILES string of the molecule is Cl.O=C(Nc1c(F)cccc1OCc1ccccc1)C1CNCCO1. The summed E-state index contributed by atoms with van der Waals surface area (Å²) in [5.74, 6) is -0.648. The molecule has 3 rings (SSSR count). The first kappa shape index (κ1) is 19.2. The van der Waals surface area contributed by atoms with Gasteiger partial charge in [0.1, 0.15) is 24.1 Å². The molecule has 0 spiro atoms. The molecule has 1 amide bonds. The molecule has 25 heavy (non-hydrogen) atoms. The topological polar surface area (TPSA) is 59.6 Å². The van der Waals surface area contributed by atoms with Crippen LogP contribution in [0, 0.1) is 5.82 Å². The summed E-state index contributed by atoms with van der Waals surface area (Å²) in [7, 11) is 0. The molecule has 0 saturated carbocycles. The highest BCUT2D eigenvalue weighted by Crippen LogP contribution is 2.28. The van der Waals surface area contributed by atoms with Crippen LogP contribution in [0.15, 0.2) is 48.5 Å². The Balaban J connectivity index is 0.00000225. The lowest BCUT2D eigenvalue weighted by Crippen LogP contribution is -2.45. The van der Waals surface area contributed by atoms with Crippen molar-refractivity contribution in [3.05, 3.63) is 59.9 Å². The van der Waals surface area contributed by atoms with E-state index in [9.17, 15) is 9.18 Å². The summed E-state index contributed by atoms with van der Waals surface area (Å²) in [6.45, 7) is 1.84. The third-order valence-corrected chi connectivity index (χ3v) is 3.68. The van der Waals surface area contributed by atoms with Crippen molar-refractivity contribution in [2.75, 3.05) is 25.0 Å². The molecular formula is C18H20ClFN2O3. The summed E-state index contributed by atoms with van der Waals surface area (Å²) in [5.41, 5.74) is 0.992. The van der Waals surface area contributed by atoms with E-state index in [-0.39, 0.29) is 30.5 Å². The van der Waals surface area contributed by atoms with Gasteiger partial charge >= 0.3 is 0 Å². The smallest absolute Gasteiger partial charge is 0.255 e. The molecule has 134 valence electrons. The maximum Gasteiger partial charge on any atom is 0.255 e. The van der Waals surface area contributed by atoms with E-state index in [1.54, 1.807) is 12.1 Å². The van der Waals surface area contributed by atoms with E-state index in [1.165, 1.54) is 6.07 Å². The number of hydrogen-bond donors (Lipinski definition) is 2. The van der Waals surface area contributed by atoms with E-state index in [0.29, 0.717) is 19.7 Å². The molecule has 1 unspecified atom stereocenters. The van der Waals surface area contributed by atoms with Gasteiger partial charge in [-0.25, -0.2) is 4.39 Å². The number of halogens is 2. The van der Waals surface area contributed by atoms with Gasteiger partial charge in [0.25, 0.3) is 5.91 Å². The molecular weight excluding hydrogens is 347 g/mol. The van der Waals surface area contributed by atoms with Gasteiger partial charge in [-0.3, -0.25) is 4.79 Å². The molecule has 1 saturated heterocycles. The molecule has 0 aliphatic carbocycles. The summed E-state index contributed by atoms with van der Waals surface area (Å²) in [6, 6.07) is 14.0. The van der Waals surface area contributed by atoms with Crippen molar-refractivity contribution in [2.45, 2.75) is 12.7 Å². The van der Waals surface area contributed by atoms with Crippen LogP contribution in [-0.4, -0.2) is 31.7 Å². The first-order valence-corrected chi connectivity index (χ1v) is 7.82. The average Bonchev–Trinajstić information content (AvgIpc) is 2.63. The van der Waals surface area contributed by atoms with Crippen molar-refractivity contribution in [1.82, 2.24) is 5.32 Å². The Morgan fingerprint density at radius 2 is 2.04 bits per heavy atom. The quantitative estimate of drug-likeness (QED) is 0.854. The van der Waals surface area contributed by atoms with Gasteiger partial charge < -0.3 is 20.1 Å². The van der Waals surface area contributed by atoms with E-state index in [0.717, 1.165) is 5.56 Å². The highest BCUT2D eigenvalue weighted by Gasteiger charge is 2.24. The zero-order chi connectivity index (χ0) is 16.8. The van der Waals surface area contributed by atoms with Crippen LogP contribution in [0.25, 0.3) is 0 Å². The zero-order valence-electron chi connectivity index (χ0n) is 13.5. The van der Waals surface area contributed by atoms with Gasteiger partial charge in [0, 0.05) is 13.1 Å². The normalized spacial score (nSPS) is 16.6. The van der Waals surface area contributed by atoms with Gasteiger partial charge in [0.15, 0.2) is 5.82 Å². The summed E-state index contributed by atoms with van der Waals surface area (Å²) >= 11 is 0. The van der Waals surface area contributed by atoms with Crippen molar-refractivity contribution in [3.8, 4) is 5.75 Å². The van der Waals surface area contributed by atoms with Crippen LogP contribution in [0.3, 0.4) is 0 Å². The van der Waals surface area contributed by atoms with Crippen molar-refractivity contribution in [3.63, 3.8) is 0 Å². The fourth-order valence-electron chi connectivity index (χ4n) is 2.42. The van der Waals surface area contributed by atoms with Crippen molar-refractivity contribution < 1.29 is 18.7 Å². The van der Waals surface area contributed by atoms with Crippen LogP contribution in [0.5, 0.6) is 5.75 Å². The Hall–Kier alpha value is -2.15. The third kappa shape index (κ3) is 5.16. The van der Waals surface area contributed by atoms with Gasteiger partial charge in [-0.1, -0.05) is 36.4 Å². The standard InChI is InChI=1S/C18H19FN2O3.ClH/c19-14-7-4-8-15(24-12-13-5-2-1-3-6-13)17(14)21-18(22)16-11-20-9-10-23-16;/h1-8,16,20H,9-12H2,(H,21,22);1H. The van der Waals surface area contributed by atoms with E-state index in [2.05, 4.69) is 10.6 Å². The van der Waals surface area contributed by atoms with Crippen molar-refractivity contribution >= 4 is 24.0 Å². The van der Waals surface area contributed by atoms with Crippen LogP contribution in [-0.2, 0) is 16.1 Å². The fraction of sp³-hybridized carbons (Fsp3) is 0.278. The number of morpholine rings is 1. The molecule has 2 aromatic carbocycles. The number of benzene rings is 2. The van der Waals surface area contributed by atoms with Crippen LogP contribution in [0.2, 0.25) is 0 Å². The van der Waals surface area contributed by atoms with E-state index >= 15 is 0 Å². The molecule has 5 nitrogen and oxygen atoms in total. The Labute approximate surface area is 151 Å². The lowest BCUT2D eigenvalue weighted by Gasteiger charge is -2.23. The molecule has 0 bridgehead atoms. The molecule has 1 aliphatic rings. The molecule has 2 aromatic rings. The number of para-hydroxylation sites is 1. The Kier molecular flexibility index (Phi) is 7.18. The van der Waals surface area contributed by atoms with Crippen molar-refractivity contribution in [2.24, 2.45) is 0 Å². The average molecular weight is 367 g/mol. The molecule has 1 fully saturated rings. The second-order valence-electron chi connectivity index (χ2n) is 5.44. The second-order valence-corrected chi connectivity index (χ2v) is 5.44. The number of nitrogens with one attached hydrogen (secondary N) is 2. The van der Waals surface area contributed by atoms with Gasteiger partial charge in [-0.05, 0) is 17.7 Å². The number of anilines is 1. The minimum atomic E-state index is -0.639. The Bertz CT molecular complexity index is 694. The number of amides is 1. The zero-order valence-corrected chi connectivity index (χ0v) is 14.4. The molecule has 1 aliphatic heterocycles. The van der Waals surface area contributed by atoms with Gasteiger partial charge in [-0.15, -0.1) is 12.4 Å². The lowest BCUT2D eigenvalue weighted by atomic mass is 10.2. The second kappa shape index (κ2) is 9.36. The van der Waals surface area contributed by atoms with Gasteiger partial charge in [-0.2, -0.15) is 0 Å². The van der Waals surface area contributed by atoms with E-state index in [1.807, 2.05) is 30.3 Å². The number of carbonyl (C=O) groups excluding carboxylic acids is 1. The number of hydrogen-bond acceptors (Lipinski definition) is 4. The van der Waals surface area contributed by atoms with Gasteiger partial charge in [0.2, 0.25) is 0 Å².